The lowest BCUT2D eigenvalue weighted by Crippen LogP contribution is -2.35. The molecule has 0 spiro atoms. The van der Waals surface area contributed by atoms with Gasteiger partial charge in [0.2, 0.25) is 5.91 Å². The average Bonchev–Trinajstić information content (AvgIpc) is 2.03. The number of carbonyl (C=O) groups excluding carboxylic acids is 2. The van der Waals surface area contributed by atoms with E-state index in [1.54, 1.807) is 0 Å². The number of amides is 2. The van der Waals surface area contributed by atoms with Crippen molar-refractivity contribution in [1.29, 1.82) is 0 Å². The molecule has 3 nitrogen and oxygen atoms in total. The van der Waals surface area contributed by atoms with Crippen LogP contribution in [0.15, 0.2) is 11.6 Å². The van der Waals surface area contributed by atoms with Crippen molar-refractivity contribution < 1.29 is 9.59 Å². The monoisotopic (exact) mass is 167 g/mol. The fourth-order valence-electron chi connectivity index (χ4n) is 1.14. The number of unbranched alkanes of at least 4 members (excludes halogenated alkanes) is 1. The van der Waals surface area contributed by atoms with Crippen molar-refractivity contribution in [1.82, 2.24) is 5.32 Å². The van der Waals surface area contributed by atoms with E-state index in [0.717, 1.165) is 18.4 Å². The van der Waals surface area contributed by atoms with E-state index in [0.29, 0.717) is 12.8 Å². The van der Waals surface area contributed by atoms with Gasteiger partial charge in [0.1, 0.15) is 0 Å². The molecule has 1 aliphatic heterocycles. The highest BCUT2D eigenvalue weighted by molar-refractivity contribution is 6.07. The smallest absolute Gasteiger partial charge is 0.253 e. The molecule has 0 aromatic heterocycles. The Morgan fingerprint density at radius 3 is 2.75 bits per heavy atom. The van der Waals surface area contributed by atoms with E-state index in [1.807, 2.05) is 6.08 Å². The Morgan fingerprint density at radius 1 is 1.42 bits per heavy atom. The Morgan fingerprint density at radius 2 is 2.17 bits per heavy atom. The van der Waals surface area contributed by atoms with Crippen LogP contribution in [0.3, 0.4) is 0 Å². The second kappa shape index (κ2) is 4.04. The number of rotatable bonds is 2. The Hall–Kier alpha value is -1.12. The summed E-state index contributed by atoms with van der Waals surface area (Å²) in [7, 11) is 0. The second-order valence-corrected chi connectivity index (χ2v) is 2.90. The van der Waals surface area contributed by atoms with Crippen molar-refractivity contribution in [3.8, 4) is 0 Å². The zero-order valence-corrected chi connectivity index (χ0v) is 7.22. The molecule has 0 aromatic carbocycles. The summed E-state index contributed by atoms with van der Waals surface area (Å²) in [6.07, 6.45) is 4.91. The SMILES string of the molecule is CCC/C=C1/CCC(=O)NC1=O. The zero-order valence-electron chi connectivity index (χ0n) is 7.22. The number of piperidine rings is 1. The molecule has 0 radical (unpaired) electrons. The van der Waals surface area contributed by atoms with Gasteiger partial charge in [-0.1, -0.05) is 19.4 Å². The molecule has 2 amide bonds. The zero-order chi connectivity index (χ0) is 8.97. The lowest BCUT2D eigenvalue weighted by atomic mass is 10.0. The molecule has 0 bridgehead atoms. The minimum Gasteiger partial charge on any atom is -0.293 e. The van der Waals surface area contributed by atoms with Gasteiger partial charge in [0, 0.05) is 12.0 Å². The van der Waals surface area contributed by atoms with Crippen molar-refractivity contribution in [3.63, 3.8) is 0 Å². The summed E-state index contributed by atoms with van der Waals surface area (Å²) in [6, 6.07) is 0. The van der Waals surface area contributed by atoms with Crippen LogP contribution in [0.25, 0.3) is 0 Å². The largest absolute Gasteiger partial charge is 0.293 e. The quantitative estimate of drug-likeness (QED) is 0.495. The first kappa shape index (κ1) is 8.97. The normalized spacial score (nSPS) is 21.2. The highest BCUT2D eigenvalue weighted by Crippen LogP contribution is 2.11. The molecule has 0 unspecified atom stereocenters. The predicted molar refractivity (Wildman–Crippen MR) is 45.4 cm³/mol. The first-order valence-corrected chi connectivity index (χ1v) is 4.27. The van der Waals surface area contributed by atoms with Crippen molar-refractivity contribution in [2.75, 3.05) is 0 Å². The molecule has 66 valence electrons. The fraction of sp³-hybridized carbons (Fsp3) is 0.556. The summed E-state index contributed by atoms with van der Waals surface area (Å²) in [5.74, 6) is -0.367. The van der Waals surface area contributed by atoms with Gasteiger partial charge in [-0.3, -0.25) is 14.9 Å². The molecule has 1 aliphatic rings. The highest BCUT2D eigenvalue weighted by atomic mass is 16.2. The van der Waals surface area contributed by atoms with E-state index >= 15 is 0 Å². The summed E-state index contributed by atoms with van der Waals surface area (Å²) >= 11 is 0. The highest BCUT2D eigenvalue weighted by Gasteiger charge is 2.19. The third kappa shape index (κ3) is 2.19. The minimum atomic E-state index is -0.209. The number of carbonyl (C=O) groups is 2. The number of hydrogen-bond acceptors (Lipinski definition) is 2. The topological polar surface area (TPSA) is 46.2 Å². The predicted octanol–water partition coefficient (Wildman–Crippen LogP) is 1.15. The van der Waals surface area contributed by atoms with Crippen molar-refractivity contribution in [2.45, 2.75) is 32.6 Å². The van der Waals surface area contributed by atoms with Gasteiger partial charge in [-0.2, -0.15) is 0 Å². The first-order chi connectivity index (χ1) is 5.74. The molecular formula is C9H13NO2. The summed E-state index contributed by atoms with van der Waals surface area (Å²) in [6.45, 7) is 2.06. The molecule has 1 rings (SSSR count). The van der Waals surface area contributed by atoms with Crippen LogP contribution in [-0.4, -0.2) is 11.8 Å². The lowest BCUT2D eigenvalue weighted by molar-refractivity contribution is -0.130. The fourth-order valence-corrected chi connectivity index (χ4v) is 1.14. The standard InChI is InChI=1S/C9H13NO2/c1-2-3-4-7-5-6-8(11)10-9(7)12/h4H,2-3,5-6H2,1H3,(H,10,11,12)/b7-4-. The van der Waals surface area contributed by atoms with E-state index in [9.17, 15) is 9.59 Å². The Bertz CT molecular complexity index is 231. The first-order valence-electron chi connectivity index (χ1n) is 4.27. The van der Waals surface area contributed by atoms with Gasteiger partial charge in [-0.05, 0) is 12.8 Å². The van der Waals surface area contributed by atoms with Gasteiger partial charge >= 0.3 is 0 Å². The van der Waals surface area contributed by atoms with E-state index in [-0.39, 0.29) is 11.8 Å². The number of nitrogens with one attached hydrogen (secondary N) is 1. The second-order valence-electron chi connectivity index (χ2n) is 2.90. The molecule has 1 heterocycles. The molecule has 1 N–H and O–H groups in total. The van der Waals surface area contributed by atoms with Crippen molar-refractivity contribution in [2.24, 2.45) is 0 Å². The third-order valence-corrected chi connectivity index (χ3v) is 1.85. The summed E-state index contributed by atoms with van der Waals surface area (Å²) < 4.78 is 0. The molecule has 0 aromatic rings. The molecule has 1 fully saturated rings. The van der Waals surface area contributed by atoms with E-state index in [4.69, 9.17) is 0 Å². The summed E-state index contributed by atoms with van der Waals surface area (Å²) in [4.78, 5) is 21.8. The lowest BCUT2D eigenvalue weighted by Gasteiger charge is -2.12. The van der Waals surface area contributed by atoms with Crippen LogP contribution in [0.1, 0.15) is 32.6 Å². The van der Waals surface area contributed by atoms with Crippen molar-refractivity contribution in [3.05, 3.63) is 11.6 Å². The van der Waals surface area contributed by atoms with Crippen LogP contribution in [0.4, 0.5) is 0 Å². The van der Waals surface area contributed by atoms with Gasteiger partial charge in [0.25, 0.3) is 5.91 Å². The Labute approximate surface area is 71.8 Å². The summed E-state index contributed by atoms with van der Waals surface area (Å²) in [5, 5.41) is 2.29. The minimum absolute atomic E-state index is 0.159. The van der Waals surface area contributed by atoms with Crippen LogP contribution in [0.2, 0.25) is 0 Å². The molecule has 0 aliphatic carbocycles. The number of hydrogen-bond donors (Lipinski definition) is 1. The molecule has 12 heavy (non-hydrogen) atoms. The molecule has 3 heteroatoms. The van der Waals surface area contributed by atoms with Crippen molar-refractivity contribution >= 4 is 11.8 Å². The molecule has 0 saturated carbocycles. The van der Waals surface area contributed by atoms with Crippen LogP contribution < -0.4 is 5.32 Å². The number of imide groups is 1. The maximum atomic E-state index is 11.1. The molecular weight excluding hydrogens is 154 g/mol. The van der Waals surface area contributed by atoms with E-state index < -0.39 is 0 Å². The van der Waals surface area contributed by atoms with Crippen LogP contribution >= 0.6 is 0 Å². The van der Waals surface area contributed by atoms with E-state index in [1.165, 1.54) is 0 Å². The van der Waals surface area contributed by atoms with Crippen LogP contribution in [0, 0.1) is 0 Å². The average molecular weight is 167 g/mol. The van der Waals surface area contributed by atoms with Gasteiger partial charge in [0.05, 0.1) is 0 Å². The maximum absolute atomic E-state index is 11.1. The van der Waals surface area contributed by atoms with E-state index in [2.05, 4.69) is 12.2 Å². The molecule has 1 saturated heterocycles. The van der Waals surface area contributed by atoms with Crippen LogP contribution in [-0.2, 0) is 9.59 Å². The Kier molecular flexibility index (Phi) is 3.02. The Balaban J connectivity index is 2.56. The van der Waals surface area contributed by atoms with Gasteiger partial charge in [-0.25, -0.2) is 0 Å². The van der Waals surface area contributed by atoms with Gasteiger partial charge in [-0.15, -0.1) is 0 Å². The van der Waals surface area contributed by atoms with Gasteiger partial charge < -0.3 is 0 Å². The summed E-state index contributed by atoms with van der Waals surface area (Å²) in [5.41, 5.74) is 0.761. The third-order valence-electron chi connectivity index (χ3n) is 1.85. The van der Waals surface area contributed by atoms with Crippen LogP contribution in [0.5, 0.6) is 0 Å². The number of allylic oxidation sites excluding steroid dienone is 1. The maximum Gasteiger partial charge on any atom is 0.253 e. The van der Waals surface area contributed by atoms with Gasteiger partial charge in [0.15, 0.2) is 0 Å². The molecule has 0 atom stereocenters.